The topological polar surface area (TPSA) is 33.7 Å². The third-order valence-corrected chi connectivity index (χ3v) is 3.98. The maximum absolute atomic E-state index is 5.68. The fraction of sp³-hybridized carbons (Fsp3) is 1.00. The summed E-state index contributed by atoms with van der Waals surface area (Å²) in [6.07, 6.45) is 3.85. The van der Waals surface area contributed by atoms with Gasteiger partial charge in [0.25, 0.3) is 0 Å². The zero-order valence-corrected chi connectivity index (χ0v) is 11.9. The average Bonchev–Trinajstić information content (AvgIpc) is 3.18. The number of methoxy groups -OCH3 is 1. The van der Waals surface area contributed by atoms with Gasteiger partial charge in [-0.1, -0.05) is 0 Å². The molecule has 0 aromatic heterocycles. The lowest BCUT2D eigenvalue weighted by Crippen LogP contribution is -2.57. The van der Waals surface area contributed by atoms with Gasteiger partial charge < -0.3 is 14.8 Å². The molecule has 4 heteroatoms. The Kier molecular flexibility index (Phi) is 5.89. The van der Waals surface area contributed by atoms with E-state index in [1.165, 1.54) is 19.4 Å². The van der Waals surface area contributed by atoms with Gasteiger partial charge in [0.05, 0.1) is 6.61 Å². The Morgan fingerprint density at radius 1 is 1.22 bits per heavy atom. The Hall–Kier alpha value is -0.160. The van der Waals surface area contributed by atoms with Crippen LogP contribution in [0.4, 0.5) is 0 Å². The van der Waals surface area contributed by atoms with E-state index in [0.29, 0.717) is 6.04 Å². The van der Waals surface area contributed by atoms with Gasteiger partial charge in [-0.2, -0.15) is 0 Å². The van der Waals surface area contributed by atoms with Crippen molar-refractivity contribution in [2.45, 2.75) is 38.3 Å². The van der Waals surface area contributed by atoms with E-state index in [1.807, 2.05) is 0 Å². The van der Waals surface area contributed by atoms with Gasteiger partial charge in [0, 0.05) is 52.0 Å². The van der Waals surface area contributed by atoms with Crippen LogP contribution in [-0.4, -0.2) is 63.5 Å². The summed E-state index contributed by atoms with van der Waals surface area (Å²) in [7, 11) is 1.74. The first-order chi connectivity index (χ1) is 8.81. The van der Waals surface area contributed by atoms with Crippen LogP contribution in [0.1, 0.15) is 26.2 Å². The molecule has 1 heterocycles. The maximum Gasteiger partial charge on any atom is 0.0593 e. The van der Waals surface area contributed by atoms with Gasteiger partial charge in [-0.3, -0.25) is 4.90 Å². The summed E-state index contributed by atoms with van der Waals surface area (Å²) in [6, 6.07) is 1.37. The fourth-order valence-corrected chi connectivity index (χ4v) is 2.79. The summed E-state index contributed by atoms with van der Waals surface area (Å²) in [5, 5.41) is 3.60. The average molecular weight is 256 g/mol. The highest BCUT2D eigenvalue weighted by atomic mass is 16.5. The minimum atomic E-state index is 0.619. The van der Waals surface area contributed by atoms with Crippen molar-refractivity contribution >= 4 is 0 Å². The first-order valence-corrected chi connectivity index (χ1v) is 7.35. The quantitative estimate of drug-likeness (QED) is 0.660. The lowest BCUT2D eigenvalue weighted by atomic mass is 10.1. The van der Waals surface area contributed by atoms with Crippen molar-refractivity contribution in [1.29, 1.82) is 0 Å². The Morgan fingerprint density at radius 2 is 2.06 bits per heavy atom. The van der Waals surface area contributed by atoms with Crippen molar-refractivity contribution in [2.24, 2.45) is 5.92 Å². The number of rotatable bonds is 8. The smallest absolute Gasteiger partial charge is 0.0593 e. The molecule has 2 fully saturated rings. The highest BCUT2D eigenvalue weighted by molar-refractivity contribution is 4.94. The molecule has 0 amide bonds. The molecule has 0 aromatic rings. The molecule has 1 aliphatic heterocycles. The normalized spacial score (nSPS) is 29.7. The second-order valence-electron chi connectivity index (χ2n) is 5.67. The molecule has 1 saturated heterocycles. The van der Waals surface area contributed by atoms with Crippen molar-refractivity contribution in [3.63, 3.8) is 0 Å². The van der Waals surface area contributed by atoms with Crippen LogP contribution in [0.15, 0.2) is 0 Å². The van der Waals surface area contributed by atoms with Crippen LogP contribution in [0, 0.1) is 5.92 Å². The fourth-order valence-electron chi connectivity index (χ4n) is 2.79. The van der Waals surface area contributed by atoms with E-state index in [-0.39, 0.29) is 0 Å². The highest BCUT2D eigenvalue weighted by Crippen LogP contribution is 2.36. The first-order valence-electron chi connectivity index (χ1n) is 7.35. The third kappa shape index (κ3) is 4.50. The summed E-state index contributed by atoms with van der Waals surface area (Å²) in [5.74, 6) is 0.943. The zero-order valence-electron chi connectivity index (χ0n) is 11.9. The molecule has 2 rings (SSSR count). The van der Waals surface area contributed by atoms with E-state index in [1.54, 1.807) is 7.11 Å². The van der Waals surface area contributed by atoms with E-state index < -0.39 is 0 Å². The zero-order chi connectivity index (χ0) is 12.8. The van der Waals surface area contributed by atoms with E-state index in [2.05, 4.69) is 17.1 Å². The number of piperazine rings is 1. The molecule has 1 saturated carbocycles. The number of ether oxygens (including phenoxy) is 2. The van der Waals surface area contributed by atoms with Gasteiger partial charge >= 0.3 is 0 Å². The number of nitrogens with zero attached hydrogens (tertiary/aromatic N) is 1. The summed E-state index contributed by atoms with van der Waals surface area (Å²) in [4.78, 5) is 2.63. The van der Waals surface area contributed by atoms with E-state index >= 15 is 0 Å². The Labute approximate surface area is 111 Å². The number of nitrogens with one attached hydrogen (secondary N) is 1. The van der Waals surface area contributed by atoms with Crippen LogP contribution >= 0.6 is 0 Å². The van der Waals surface area contributed by atoms with Crippen LogP contribution < -0.4 is 5.32 Å². The van der Waals surface area contributed by atoms with Crippen LogP contribution in [-0.2, 0) is 9.47 Å². The summed E-state index contributed by atoms with van der Waals surface area (Å²) in [5.41, 5.74) is 0. The van der Waals surface area contributed by atoms with E-state index in [9.17, 15) is 0 Å². The molecule has 1 aliphatic carbocycles. The summed E-state index contributed by atoms with van der Waals surface area (Å²) >= 11 is 0. The van der Waals surface area contributed by atoms with Gasteiger partial charge in [-0.25, -0.2) is 0 Å². The molecular formula is C14H28N2O2. The van der Waals surface area contributed by atoms with Gasteiger partial charge in [-0.05, 0) is 32.1 Å². The predicted molar refractivity (Wildman–Crippen MR) is 72.9 cm³/mol. The maximum atomic E-state index is 5.68. The summed E-state index contributed by atoms with van der Waals surface area (Å²) in [6.45, 7) is 8.17. The molecule has 0 radical (unpaired) electrons. The lowest BCUT2D eigenvalue weighted by molar-refractivity contribution is 0.0525. The number of hydrogen-bond donors (Lipinski definition) is 1. The van der Waals surface area contributed by atoms with E-state index in [4.69, 9.17) is 9.47 Å². The minimum Gasteiger partial charge on any atom is -0.385 e. The molecule has 1 N–H and O–H groups in total. The SMILES string of the molecule is COCCCOCCN1CC(C)NCC1C1CC1. The van der Waals surface area contributed by atoms with E-state index in [0.717, 1.165) is 51.3 Å². The molecule has 0 aromatic carbocycles. The van der Waals surface area contributed by atoms with Crippen LogP contribution in [0.2, 0.25) is 0 Å². The second kappa shape index (κ2) is 7.43. The molecule has 106 valence electrons. The standard InChI is InChI=1S/C14H28N2O2/c1-12-11-16(6-9-18-8-3-7-17-2)14(10-15-12)13-4-5-13/h12-15H,3-11H2,1-2H3. The molecule has 2 aliphatic rings. The number of hydrogen-bond acceptors (Lipinski definition) is 4. The van der Waals surface area contributed by atoms with Gasteiger partial charge in [0.15, 0.2) is 0 Å². The van der Waals surface area contributed by atoms with Crippen LogP contribution in [0.5, 0.6) is 0 Å². The predicted octanol–water partition coefficient (Wildman–Crippen LogP) is 1.11. The Balaban J connectivity index is 1.62. The second-order valence-corrected chi connectivity index (χ2v) is 5.67. The van der Waals surface area contributed by atoms with Crippen molar-refractivity contribution in [1.82, 2.24) is 10.2 Å². The van der Waals surface area contributed by atoms with Crippen molar-refractivity contribution < 1.29 is 9.47 Å². The largest absolute Gasteiger partial charge is 0.385 e. The van der Waals surface area contributed by atoms with Crippen molar-refractivity contribution in [3.8, 4) is 0 Å². The Bertz CT molecular complexity index is 234. The van der Waals surface area contributed by atoms with Crippen molar-refractivity contribution in [2.75, 3.05) is 46.6 Å². The molecule has 2 atom stereocenters. The molecule has 18 heavy (non-hydrogen) atoms. The minimum absolute atomic E-state index is 0.619. The highest BCUT2D eigenvalue weighted by Gasteiger charge is 2.37. The first kappa shape index (κ1) is 14.3. The monoisotopic (exact) mass is 256 g/mol. The van der Waals surface area contributed by atoms with Gasteiger partial charge in [0.1, 0.15) is 0 Å². The summed E-state index contributed by atoms with van der Waals surface area (Å²) < 4.78 is 10.7. The lowest BCUT2D eigenvalue weighted by Gasteiger charge is -2.39. The molecule has 4 nitrogen and oxygen atoms in total. The molecule has 0 bridgehead atoms. The Morgan fingerprint density at radius 3 is 2.78 bits per heavy atom. The van der Waals surface area contributed by atoms with Gasteiger partial charge in [0.2, 0.25) is 0 Å². The van der Waals surface area contributed by atoms with Crippen molar-refractivity contribution in [3.05, 3.63) is 0 Å². The van der Waals surface area contributed by atoms with Crippen LogP contribution in [0.25, 0.3) is 0 Å². The molecular weight excluding hydrogens is 228 g/mol. The van der Waals surface area contributed by atoms with Crippen LogP contribution in [0.3, 0.4) is 0 Å². The van der Waals surface area contributed by atoms with Gasteiger partial charge in [-0.15, -0.1) is 0 Å². The molecule has 2 unspecified atom stereocenters. The molecule has 0 spiro atoms. The third-order valence-electron chi connectivity index (χ3n) is 3.98.